The van der Waals surface area contributed by atoms with E-state index in [1.807, 2.05) is 13.8 Å². The van der Waals surface area contributed by atoms with Gasteiger partial charge in [-0.05, 0) is 43.4 Å². The molecular formula is C17H27ClN2O4. The monoisotopic (exact) mass is 358 g/mol. The van der Waals surface area contributed by atoms with Crippen molar-refractivity contribution in [1.82, 2.24) is 5.32 Å². The molecule has 0 aromatic heterocycles. The van der Waals surface area contributed by atoms with Crippen molar-refractivity contribution < 1.29 is 19.4 Å². The van der Waals surface area contributed by atoms with Crippen LogP contribution in [0.2, 0.25) is 0 Å². The lowest BCUT2D eigenvalue weighted by Gasteiger charge is -2.21. The van der Waals surface area contributed by atoms with Crippen molar-refractivity contribution in [2.75, 3.05) is 6.61 Å². The van der Waals surface area contributed by atoms with Crippen LogP contribution in [0.4, 0.5) is 0 Å². The Morgan fingerprint density at radius 3 is 2.33 bits per heavy atom. The van der Waals surface area contributed by atoms with Gasteiger partial charge in [0.05, 0.1) is 12.6 Å². The second-order valence-electron chi connectivity index (χ2n) is 5.92. The number of ether oxygens (including phenoxy) is 1. The molecule has 0 fully saturated rings. The Bertz CT molecular complexity index is 520. The Kier molecular flexibility index (Phi) is 10.1. The summed E-state index contributed by atoms with van der Waals surface area (Å²) in [6, 6.07) is 5.04. The van der Waals surface area contributed by atoms with Gasteiger partial charge in [-0.25, -0.2) is 4.79 Å². The van der Waals surface area contributed by atoms with E-state index in [2.05, 4.69) is 5.32 Å². The predicted molar refractivity (Wildman–Crippen MR) is 95.1 cm³/mol. The molecule has 0 radical (unpaired) electrons. The summed E-state index contributed by atoms with van der Waals surface area (Å²) in [6.07, 6.45) is 0.819. The zero-order chi connectivity index (χ0) is 17.4. The molecule has 1 aromatic rings. The number of nitrogens with one attached hydrogen (secondary N) is 1. The molecule has 4 N–H and O–H groups in total. The minimum atomic E-state index is -0.774. The maximum absolute atomic E-state index is 12.2. The average molecular weight is 359 g/mol. The zero-order valence-corrected chi connectivity index (χ0v) is 15.1. The van der Waals surface area contributed by atoms with Gasteiger partial charge in [0.15, 0.2) is 0 Å². The highest BCUT2D eigenvalue weighted by Gasteiger charge is 2.25. The van der Waals surface area contributed by atoms with E-state index in [9.17, 15) is 14.7 Å². The smallest absolute Gasteiger partial charge is 0.328 e. The van der Waals surface area contributed by atoms with Crippen LogP contribution in [0.5, 0.6) is 5.75 Å². The number of carbonyl (C=O) groups is 2. The highest BCUT2D eigenvalue weighted by Crippen LogP contribution is 2.11. The van der Waals surface area contributed by atoms with Gasteiger partial charge in [-0.2, -0.15) is 0 Å². The molecule has 0 saturated heterocycles. The molecule has 0 bridgehead atoms. The summed E-state index contributed by atoms with van der Waals surface area (Å²) in [6.45, 7) is 5.93. The van der Waals surface area contributed by atoms with Gasteiger partial charge in [0.1, 0.15) is 11.8 Å². The van der Waals surface area contributed by atoms with Crippen molar-refractivity contribution in [3.8, 4) is 5.75 Å². The van der Waals surface area contributed by atoms with E-state index in [0.29, 0.717) is 12.8 Å². The first kappa shape index (κ1) is 22.2. The summed E-state index contributed by atoms with van der Waals surface area (Å²) in [5.74, 6) is -0.438. The number of halogens is 1. The highest BCUT2D eigenvalue weighted by molar-refractivity contribution is 5.87. The minimum absolute atomic E-state index is 0. The van der Waals surface area contributed by atoms with Crippen LogP contribution in [-0.2, 0) is 20.7 Å². The fraction of sp³-hybridized carbons (Fsp3) is 0.529. The number of esters is 1. The number of hydrogen-bond donors (Lipinski definition) is 3. The van der Waals surface area contributed by atoms with Crippen molar-refractivity contribution in [3.05, 3.63) is 29.8 Å². The van der Waals surface area contributed by atoms with E-state index >= 15 is 0 Å². The second-order valence-corrected chi connectivity index (χ2v) is 5.92. The zero-order valence-electron chi connectivity index (χ0n) is 14.3. The molecule has 0 spiro atoms. The van der Waals surface area contributed by atoms with Gasteiger partial charge in [-0.3, -0.25) is 4.79 Å². The lowest BCUT2D eigenvalue weighted by Crippen LogP contribution is -2.50. The van der Waals surface area contributed by atoms with Gasteiger partial charge in [-0.1, -0.05) is 26.0 Å². The number of amides is 1. The van der Waals surface area contributed by atoms with Crippen LogP contribution in [0.1, 0.15) is 32.8 Å². The van der Waals surface area contributed by atoms with Gasteiger partial charge in [0.2, 0.25) is 5.91 Å². The van der Waals surface area contributed by atoms with Gasteiger partial charge in [0, 0.05) is 0 Å². The third-order valence-corrected chi connectivity index (χ3v) is 3.32. The molecule has 1 aromatic carbocycles. The van der Waals surface area contributed by atoms with Gasteiger partial charge >= 0.3 is 5.97 Å². The molecule has 2 atom stereocenters. The van der Waals surface area contributed by atoms with Crippen molar-refractivity contribution in [2.45, 2.75) is 45.7 Å². The summed E-state index contributed by atoms with van der Waals surface area (Å²) in [4.78, 5) is 24.1. The Morgan fingerprint density at radius 2 is 1.83 bits per heavy atom. The molecule has 0 aliphatic rings. The lowest BCUT2D eigenvalue weighted by atomic mass is 10.0. The first-order valence-electron chi connectivity index (χ1n) is 7.84. The maximum Gasteiger partial charge on any atom is 0.328 e. The number of carbonyl (C=O) groups excluding carboxylic acids is 2. The van der Waals surface area contributed by atoms with Crippen molar-refractivity contribution in [1.29, 1.82) is 0 Å². The summed E-state index contributed by atoms with van der Waals surface area (Å²) in [7, 11) is 0. The number of phenolic OH excluding ortho intramolecular Hbond substituents is 1. The fourth-order valence-electron chi connectivity index (χ4n) is 2.19. The predicted octanol–water partition coefficient (Wildman–Crippen LogP) is 1.78. The van der Waals surface area contributed by atoms with E-state index in [1.165, 1.54) is 0 Å². The number of hydrogen-bond acceptors (Lipinski definition) is 5. The third kappa shape index (κ3) is 7.66. The first-order chi connectivity index (χ1) is 10.8. The van der Waals surface area contributed by atoms with E-state index in [1.54, 1.807) is 31.2 Å². The van der Waals surface area contributed by atoms with Crippen molar-refractivity contribution in [2.24, 2.45) is 11.7 Å². The summed E-state index contributed by atoms with van der Waals surface area (Å²) in [5, 5.41) is 11.9. The normalized spacial score (nSPS) is 12.9. The molecule has 24 heavy (non-hydrogen) atoms. The van der Waals surface area contributed by atoms with E-state index in [4.69, 9.17) is 10.5 Å². The average Bonchev–Trinajstić information content (AvgIpc) is 2.48. The summed E-state index contributed by atoms with van der Waals surface area (Å²) in [5.41, 5.74) is 6.75. The topological polar surface area (TPSA) is 102 Å². The lowest BCUT2D eigenvalue weighted by molar-refractivity contribution is -0.148. The van der Waals surface area contributed by atoms with Crippen LogP contribution in [0, 0.1) is 5.92 Å². The Balaban J connectivity index is 0.00000529. The molecule has 6 nitrogen and oxygen atoms in total. The fourth-order valence-corrected chi connectivity index (χ4v) is 2.19. The number of nitrogens with two attached hydrogens (primary N) is 1. The molecular weight excluding hydrogens is 332 g/mol. The Morgan fingerprint density at radius 1 is 1.25 bits per heavy atom. The SMILES string of the molecule is CCOC(=O)[C@@H](CC(C)C)NC(=O)[C@@H](N)Cc1ccc(O)cc1.Cl. The molecule has 1 rings (SSSR count). The number of rotatable bonds is 8. The van der Waals surface area contributed by atoms with Gasteiger partial charge in [-0.15, -0.1) is 12.4 Å². The molecule has 0 heterocycles. The number of benzene rings is 1. The van der Waals surface area contributed by atoms with Crippen LogP contribution < -0.4 is 11.1 Å². The molecule has 0 saturated carbocycles. The van der Waals surface area contributed by atoms with Crippen LogP contribution in [0.3, 0.4) is 0 Å². The molecule has 136 valence electrons. The van der Waals surface area contributed by atoms with E-state index in [0.717, 1.165) is 5.56 Å². The van der Waals surface area contributed by atoms with Crippen LogP contribution in [0.15, 0.2) is 24.3 Å². The largest absolute Gasteiger partial charge is 0.508 e. The Hall–Kier alpha value is -1.79. The quantitative estimate of drug-likeness (QED) is 0.615. The summed E-state index contributed by atoms with van der Waals surface area (Å²) < 4.78 is 4.99. The van der Waals surface area contributed by atoms with E-state index < -0.39 is 24.0 Å². The maximum atomic E-state index is 12.2. The van der Waals surface area contributed by atoms with Crippen LogP contribution in [-0.4, -0.2) is 35.7 Å². The van der Waals surface area contributed by atoms with E-state index in [-0.39, 0.29) is 30.7 Å². The van der Waals surface area contributed by atoms with Gasteiger partial charge < -0.3 is 20.9 Å². The molecule has 0 aliphatic carbocycles. The highest BCUT2D eigenvalue weighted by atomic mass is 35.5. The number of aromatic hydroxyl groups is 1. The molecule has 1 amide bonds. The second kappa shape index (κ2) is 10.9. The van der Waals surface area contributed by atoms with Crippen LogP contribution >= 0.6 is 12.4 Å². The van der Waals surface area contributed by atoms with Crippen LogP contribution in [0.25, 0.3) is 0 Å². The standard InChI is InChI=1S/C17H26N2O4.ClH/c1-4-23-17(22)15(9-11(2)3)19-16(21)14(18)10-12-5-7-13(20)8-6-12;/h5-8,11,14-15,20H,4,9-10,18H2,1-3H3,(H,19,21);1H/t14-,15+;/m0./s1. The Labute approximate surface area is 149 Å². The minimum Gasteiger partial charge on any atom is -0.508 e. The number of phenols is 1. The molecule has 0 aliphatic heterocycles. The molecule has 7 heteroatoms. The first-order valence-corrected chi connectivity index (χ1v) is 7.84. The van der Waals surface area contributed by atoms with Crippen molar-refractivity contribution >= 4 is 24.3 Å². The third-order valence-electron chi connectivity index (χ3n) is 3.32. The van der Waals surface area contributed by atoms with Crippen molar-refractivity contribution in [3.63, 3.8) is 0 Å². The summed E-state index contributed by atoms with van der Waals surface area (Å²) >= 11 is 0. The van der Waals surface area contributed by atoms with Gasteiger partial charge in [0.25, 0.3) is 0 Å². The molecule has 0 unspecified atom stereocenters.